The van der Waals surface area contributed by atoms with E-state index in [1.54, 1.807) is 0 Å². The normalized spacial score (nSPS) is 16.4. The van der Waals surface area contributed by atoms with Gasteiger partial charge in [-0.3, -0.25) is 0 Å². The summed E-state index contributed by atoms with van der Waals surface area (Å²) >= 11 is -2.20. The van der Waals surface area contributed by atoms with Gasteiger partial charge in [-0.25, -0.2) is 0 Å². The van der Waals surface area contributed by atoms with Gasteiger partial charge in [-0.05, 0) is 0 Å². The van der Waals surface area contributed by atoms with Gasteiger partial charge in [0.1, 0.15) is 0 Å². The zero-order valence-corrected chi connectivity index (χ0v) is 18.9. The molecule has 5 nitrogen and oxygen atoms in total. The minimum atomic E-state index is -2.20. The molecule has 0 bridgehead atoms. The van der Waals surface area contributed by atoms with Gasteiger partial charge in [0.25, 0.3) is 0 Å². The zero-order valence-electron chi connectivity index (χ0n) is 16.0. The third kappa shape index (κ3) is 4.56. The first-order chi connectivity index (χ1) is 11.8. The maximum absolute atomic E-state index is 5.47. The van der Waals surface area contributed by atoms with Crippen molar-refractivity contribution in [1.82, 2.24) is 14.8 Å². The van der Waals surface area contributed by atoms with Crippen LogP contribution < -0.4 is 9.03 Å². The molecule has 2 aromatic heterocycles. The Kier molecular flexibility index (Phi) is 5.73. The van der Waals surface area contributed by atoms with Crippen LogP contribution in [-0.4, -0.2) is 52.4 Å². The van der Waals surface area contributed by atoms with Gasteiger partial charge in [0.15, 0.2) is 0 Å². The second-order valence-corrected chi connectivity index (χ2v) is 22.5. The van der Waals surface area contributed by atoms with E-state index in [1.807, 2.05) is 12.4 Å². The number of nitrogens with one attached hydrogen (secondary N) is 1. The zero-order chi connectivity index (χ0) is 18.0. The van der Waals surface area contributed by atoms with Gasteiger partial charge in [-0.15, -0.1) is 0 Å². The first kappa shape index (κ1) is 18.7. The summed E-state index contributed by atoms with van der Waals surface area (Å²) in [5.74, 6) is 0. The van der Waals surface area contributed by atoms with Gasteiger partial charge in [0, 0.05) is 0 Å². The summed E-state index contributed by atoms with van der Waals surface area (Å²) in [5, 5.41) is 8.24. The van der Waals surface area contributed by atoms with Crippen LogP contribution in [0.5, 0.6) is 0 Å². The maximum atomic E-state index is 5.47. The third-order valence-electron chi connectivity index (χ3n) is 4.59. The van der Waals surface area contributed by atoms with Crippen LogP contribution in [0.1, 0.15) is 32.7 Å². The number of pyridine rings is 1. The molecular formula is C19H30N4OSn. The number of rotatable bonds is 5. The Morgan fingerprint density at radius 3 is 2.56 bits per heavy atom. The number of nitrogens with zero attached hydrogens (tertiary/aromatic N) is 3. The fraction of sp³-hybridized carbons (Fsp3) is 0.579. The van der Waals surface area contributed by atoms with Gasteiger partial charge in [0.2, 0.25) is 0 Å². The average molecular weight is 449 g/mol. The second kappa shape index (κ2) is 7.66. The number of hydrogen-bond acceptors (Lipinski definition) is 4. The first-order valence-electron chi connectivity index (χ1n) is 9.24. The molecule has 1 saturated heterocycles. The Hall–Kier alpha value is -1.08. The quantitative estimate of drug-likeness (QED) is 0.709. The summed E-state index contributed by atoms with van der Waals surface area (Å²) in [6, 6.07) is 3.11. The van der Waals surface area contributed by atoms with Crippen molar-refractivity contribution in [1.29, 1.82) is 0 Å². The molecule has 0 spiro atoms. The molecule has 25 heavy (non-hydrogen) atoms. The summed E-state index contributed by atoms with van der Waals surface area (Å²) in [4.78, 5) is 12.0. The Labute approximate surface area is 155 Å². The summed E-state index contributed by atoms with van der Waals surface area (Å²) in [6.07, 6.45) is 8.24. The molecule has 1 N–H and O–H groups in total. The molecule has 136 valence electrons. The molecule has 0 amide bonds. The van der Waals surface area contributed by atoms with Crippen molar-refractivity contribution in [2.24, 2.45) is 0 Å². The average Bonchev–Trinajstić information content (AvgIpc) is 3.04. The summed E-state index contributed by atoms with van der Waals surface area (Å²) in [6.45, 7) is 6.01. The summed E-state index contributed by atoms with van der Waals surface area (Å²) < 4.78 is 8.87. The third-order valence-corrected chi connectivity index (χ3v) is 9.76. The molecule has 0 unspecified atom stereocenters. The summed E-state index contributed by atoms with van der Waals surface area (Å²) in [7, 11) is 0. The molecule has 0 radical (unpaired) electrons. The first-order valence-corrected chi connectivity index (χ1v) is 19.2. The van der Waals surface area contributed by atoms with Crippen molar-refractivity contribution in [3.63, 3.8) is 0 Å². The molecule has 3 heterocycles. The van der Waals surface area contributed by atoms with E-state index in [9.17, 15) is 0 Å². The van der Waals surface area contributed by atoms with Crippen LogP contribution in [0, 0.1) is 0 Å². The number of aromatic nitrogens is 3. The molecule has 3 rings (SSSR count). The van der Waals surface area contributed by atoms with Crippen LogP contribution in [0.4, 0.5) is 5.69 Å². The van der Waals surface area contributed by atoms with Crippen LogP contribution in [0.2, 0.25) is 14.8 Å². The molecular weight excluding hydrogens is 419 g/mol. The van der Waals surface area contributed by atoms with E-state index in [2.05, 4.69) is 56.0 Å². The van der Waals surface area contributed by atoms with Crippen molar-refractivity contribution in [2.75, 3.05) is 18.5 Å². The molecule has 6 heteroatoms. The van der Waals surface area contributed by atoms with Crippen LogP contribution in [-0.2, 0) is 4.74 Å². The molecule has 1 fully saturated rings. The molecule has 1 aliphatic rings. The van der Waals surface area contributed by atoms with Gasteiger partial charge in [0.05, 0.1) is 0 Å². The topological polar surface area (TPSA) is 52.0 Å². The Morgan fingerprint density at radius 2 is 1.92 bits per heavy atom. The Balaban J connectivity index is 1.94. The number of ether oxygens (including phenoxy) is 1. The monoisotopic (exact) mass is 450 g/mol. The standard InChI is InChI=1S/C16H21N4O.3CH3.Sn/c1-12(2)19-16-3-6-17-10-15(16)13-9-18-20(11-13)14-4-7-21-8-5-14;;;;/h3,9-12,14H,4-5,7-8H2,1-2H3,(H,17,19);3*1H3;. The van der Waals surface area contributed by atoms with Crippen molar-refractivity contribution >= 4 is 27.8 Å². The van der Waals surface area contributed by atoms with Crippen molar-refractivity contribution in [3.05, 3.63) is 24.7 Å². The minimum absolute atomic E-state index is 0.384. The number of hydrogen-bond donors (Lipinski definition) is 1. The SMILES string of the molecule is CC(C)Nc1c[c]([Sn]([CH3])([CH3])[CH3])ncc1-c1cnn(C2CCOCC2)c1. The molecule has 0 aliphatic carbocycles. The Bertz CT molecular complexity index is 714. The van der Waals surface area contributed by atoms with Gasteiger partial charge in [-0.1, -0.05) is 0 Å². The van der Waals surface area contributed by atoms with Gasteiger partial charge in [-0.2, -0.15) is 0 Å². The van der Waals surface area contributed by atoms with Crippen LogP contribution in [0.25, 0.3) is 11.1 Å². The van der Waals surface area contributed by atoms with E-state index >= 15 is 0 Å². The van der Waals surface area contributed by atoms with Crippen molar-refractivity contribution < 1.29 is 4.74 Å². The molecule has 0 atom stereocenters. The predicted octanol–water partition coefficient (Wildman–Crippen LogP) is 3.66. The fourth-order valence-electron chi connectivity index (χ4n) is 3.15. The van der Waals surface area contributed by atoms with E-state index in [1.165, 1.54) is 9.40 Å². The molecule has 0 aromatic carbocycles. The van der Waals surface area contributed by atoms with E-state index in [0.717, 1.165) is 37.2 Å². The molecule has 2 aromatic rings. The number of anilines is 1. The van der Waals surface area contributed by atoms with Gasteiger partial charge >= 0.3 is 155 Å². The van der Waals surface area contributed by atoms with E-state index in [4.69, 9.17) is 9.72 Å². The van der Waals surface area contributed by atoms with Crippen LogP contribution >= 0.6 is 0 Å². The fourth-order valence-corrected chi connectivity index (χ4v) is 6.09. The van der Waals surface area contributed by atoms with E-state index < -0.39 is 18.4 Å². The Morgan fingerprint density at radius 1 is 1.20 bits per heavy atom. The van der Waals surface area contributed by atoms with Crippen molar-refractivity contribution in [2.45, 2.75) is 53.6 Å². The van der Waals surface area contributed by atoms with Crippen LogP contribution in [0.3, 0.4) is 0 Å². The van der Waals surface area contributed by atoms with Crippen molar-refractivity contribution in [3.8, 4) is 11.1 Å². The predicted molar refractivity (Wildman–Crippen MR) is 106 cm³/mol. The van der Waals surface area contributed by atoms with E-state index in [0.29, 0.717) is 12.1 Å². The molecule has 0 saturated carbocycles. The van der Waals surface area contributed by atoms with Gasteiger partial charge < -0.3 is 0 Å². The second-order valence-electron chi connectivity index (χ2n) is 8.22. The van der Waals surface area contributed by atoms with Crippen LogP contribution in [0.15, 0.2) is 24.7 Å². The molecule has 1 aliphatic heterocycles. The van der Waals surface area contributed by atoms with E-state index in [-0.39, 0.29) is 0 Å². The summed E-state index contributed by atoms with van der Waals surface area (Å²) in [5.41, 5.74) is 3.46.